The van der Waals surface area contributed by atoms with E-state index in [1.807, 2.05) is 19.9 Å². The van der Waals surface area contributed by atoms with Crippen molar-refractivity contribution in [2.45, 2.75) is 26.3 Å². The van der Waals surface area contributed by atoms with Crippen LogP contribution in [0.4, 0.5) is 0 Å². The summed E-state index contributed by atoms with van der Waals surface area (Å²) < 4.78 is 5.00. The van der Waals surface area contributed by atoms with Crippen molar-refractivity contribution in [2.24, 2.45) is 0 Å². The highest BCUT2D eigenvalue weighted by Gasteiger charge is 2.11. The standard InChI is InChI=1S/C16H18N2O4/c1-3-11(2)18-16(21)13(9-17)8-12-4-6-14(7-5-12)22-10-15(19)20/h4-8,11H,3,10H2,1-2H3,(H,18,21)(H,19,20)/b13-8+/t11-/m1/s1. The predicted octanol–water partition coefficient (Wildman–Crippen LogP) is 1.97. The maximum Gasteiger partial charge on any atom is 0.341 e. The van der Waals surface area contributed by atoms with E-state index < -0.39 is 18.5 Å². The summed E-state index contributed by atoms with van der Waals surface area (Å²) in [5.41, 5.74) is 0.665. The van der Waals surface area contributed by atoms with E-state index in [-0.39, 0.29) is 11.6 Å². The SMILES string of the molecule is CC[C@@H](C)NC(=O)/C(C#N)=C/c1ccc(OCC(=O)O)cc1. The first-order valence-corrected chi connectivity index (χ1v) is 6.83. The molecular formula is C16H18N2O4. The van der Waals surface area contributed by atoms with Crippen molar-refractivity contribution in [1.82, 2.24) is 5.32 Å². The van der Waals surface area contributed by atoms with Crippen molar-refractivity contribution in [3.8, 4) is 11.8 Å². The van der Waals surface area contributed by atoms with Crippen LogP contribution < -0.4 is 10.1 Å². The summed E-state index contributed by atoms with van der Waals surface area (Å²) in [5, 5.41) is 20.3. The lowest BCUT2D eigenvalue weighted by Crippen LogP contribution is -2.32. The summed E-state index contributed by atoms with van der Waals surface area (Å²) >= 11 is 0. The molecule has 0 aliphatic heterocycles. The number of nitrogens with one attached hydrogen (secondary N) is 1. The van der Waals surface area contributed by atoms with Crippen LogP contribution in [0.3, 0.4) is 0 Å². The highest BCUT2D eigenvalue weighted by atomic mass is 16.5. The fourth-order valence-electron chi connectivity index (χ4n) is 1.52. The molecule has 0 saturated heterocycles. The topological polar surface area (TPSA) is 99.4 Å². The van der Waals surface area contributed by atoms with Gasteiger partial charge in [0.05, 0.1) is 0 Å². The smallest absolute Gasteiger partial charge is 0.341 e. The van der Waals surface area contributed by atoms with E-state index in [4.69, 9.17) is 15.1 Å². The van der Waals surface area contributed by atoms with Crippen molar-refractivity contribution in [2.75, 3.05) is 6.61 Å². The van der Waals surface area contributed by atoms with E-state index in [1.54, 1.807) is 24.3 Å². The number of carboxylic acid groups (broad SMARTS) is 1. The molecule has 1 aromatic carbocycles. The van der Waals surface area contributed by atoms with Crippen LogP contribution in [0.5, 0.6) is 5.75 Å². The average Bonchev–Trinajstić information content (AvgIpc) is 2.51. The molecule has 1 aromatic rings. The molecule has 6 heteroatoms. The summed E-state index contributed by atoms with van der Waals surface area (Å²) in [6.45, 7) is 3.38. The third-order valence-corrected chi connectivity index (χ3v) is 2.91. The number of ether oxygens (including phenoxy) is 1. The maximum absolute atomic E-state index is 11.9. The van der Waals surface area contributed by atoms with Crippen LogP contribution in [0.2, 0.25) is 0 Å². The number of amides is 1. The number of rotatable bonds is 7. The number of carbonyl (C=O) groups excluding carboxylic acids is 1. The number of carboxylic acids is 1. The van der Waals surface area contributed by atoms with Gasteiger partial charge in [-0.1, -0.05) is 19.1 Å². The normalized spacial score (nSPS) is 12.1. The molecule has 0 radical (unpaired) electrons. The molecule has 0 fully saturated rings. The lowest BCUT2D eigenvalue weighted by atomic mass is 10.1. The molecule has 0 aromatic heterocycles. The lowest BCUT2D eigenvalue weighted by molar-refractivity contribution is -0.139. The average molecular weight is 302 g/mol. The Kier molecular flexibility index (Phi) is 6.64. The molecule has 0 aliphatic rings. The van der Waals surface area contributed by atoms with Gasteiger partial charge in [-0.25, -0.2) is 4.79 Å². The minimum Gasteiger partial charge on any atom is -0.482 e. The number of nitriles is 1. The Bertz CT molecular complexity index is 600. The fraction of sp³-hybridized carbons (Fsp3) is 0.312. The van der Waals surface area contributed by atoms with Crippen molar-refractivity contribution >= 4 is 18.0 Å². The van der Waals surface area contributed by atoms with Gasteiger partial charge in [0.15, 0.2) is 6.61 Å². The molecule has 1 amide bonds. The molecule has 0 heterocycles. The summed E-state index contributed by atoms with van der Waals surface area (Å²) in [6, 6.07) is 8.32. The Balaban J connectivity index is 2.79. The quantitative estimate of drug-likeness (QED) is 0.592. The minimum atomic E-state index is -1.06. The molecule has 0 unspecified atom stereocenters. The Morgan fingerprint density at radius 3 is 2.55 bits per heavy atom. The Morgan fingerprint density at radius 1 is 1.41 bits per heavy atom. The first-order valence-electron chi connectivity index (χ1n) is 6.83. The number of benzene rings is 1. The first-order chi connectivity index (χ1) is 10.5. The summed E-state index contributed by atoms with van der Waals surface area (Å²) in [4.78, 5) is 22.3. The van der Waals surface area contributed by atoms with Gasteiger partial charge in [0.25, 0.3) is 5.91 Å². The van der Waals surface area contributed by atoms with Crippen molar-refractivity contribution in [3.05, 3.63) is 35.4 Å². The molecule has 22 heavy (non-hydrogen) atoms. The van der Waals surface area contributed by atoms with E-state index in [0.29, 0.717) is 11.3 Å². The van der Waals surface area contributed by atoms with E-state index >= 15 is 0 Å². The number of nitrogens with zero attached hydrogens (tertiary/aromatic N) is 1. The highest BCUT2D eigenvalue weighted by molar-refractivity contribution is 6.01. The van der Waals surface area contributed by atoms with Gasteiger partial charge in [-0.2, -0.15) is 5.26 Å². The molecule has 0 aliphatic carbocycles. The zero-order valence-corrected chi connectivity index (χ0v) is 12.5. The molecule has 6 nitrogen and oxygen atoms in total. The Labute approximate surface area is 129 Å². The molecule has 0 spiro atoms. The van der Waals surface area contributed by atoms with Crippen LogP contribution in [0, 0.1) is 11.3 Å². The second-order valence-corrected chi connectivity index (χ2v) is 4.70. The number of hydrogen-bond donors (Lipinski definition) is 2. The summed E-state index contributed by atoms with van der Waals surface area (Å²) in [6.07, 6.45) is 2.25. The molecule has 0 bridgehead atoms. The minimum absolute atomic E-state index is 0.00366. The Hall–Kier alpha value is -2.81. The number of hydrogen-bond acceptors (Lipinski definition) is 4. The van der Waals surface area contributed by atoms with Gasteiger partial charge in [0.2, 0.25) is 0 Å². The second-order valence-electron chi connectivity index (χ2n) is 4.70. The van der Waals surface area contributed by atoms with Crippen LogP contribution in [0.15, 0.2) is 29.8 Å². The van der Waals surface area contributed by atoms with Gasteiger partial charge in [-0.05, 0) is 37.1 Å². The van der Waals surface area contributed by atoms with Gasteiger partial charge < -0.3 is 15.2 Å². The first kappa shape index (κ1) is 17.2. The molecular weight excluding hydrogens is 284 g/mol. The van der Waals surface area contributed by atoms with Crippen molar-refractivity contribution in [1.29, 1.82) is 5.26 Å². The predicted molar refractivity (Wildman–Crippen MR) is 81.1 cm³/mol. The fourth-order valence-corrected chi connectivity index (χ4v) is 1.52. The van der Waals surface area contributed by atoms with Crippen LogP contribution >= 0.6 is 0 Å². The monoisotopic (exact) mass is 302 g/mol. The van der Waals surface area contributed by atoms with Gasteiger partial charge in [0, 0.05) is 6.04 Å². The molecule has 116 valence electrons. The molecule has 0 saturated carbocycles. The van der Waals surface area contributed by atoms with Gasteiger partial charge in [-0.15, -0.1) is 0 Å². The third-order valence-electron chi connectivity index (χ3n) is 2.91. The van der Waals surface area contributed by atoms with Crippen LogP contribution in [0.25, 0.3) is 6.08 Å². The van der Waals surface area contributed by atoms with Gasteiger partial charge in [-0.3, -0.25) is 4.79 Å². The second kappa shape index (κ2) is 8.47. The zero-order chi connectivity index (χ0) is 16.5. The molecule has 1 atom stereocenters. The van der Waals surface area contributed by atoms with E-state index in [9.17, 15) is 9.59 Å². The summed E-state index contributed by atoms with van der Waals surface area (Å²) in [7, 11) is 0. The van der Waals surface area contributed by atoms with Crippen molar-refractivity contribution in [3.63, 3.8) is 0 Å². The molecule has 2 N–H and O–H groups in total. The molecule has 1 rings (SSSR count). The van der Waals surface area contributed by atoms with Crippen LogP contribution in [-0.4, -0.2) is 29.6 Å². The highest BCUT2D eigenvalue weighted by Crippen LogP contribution is 2.14. The maximum atomic E-state index is 11.9. The Morgan fingerprint density at radius 2 is 2.05 bits per heavy atom. The van der Waals surface area contributed by atoms with Crippen molar-refractivity contribution < 1.29 is 19.4 Å². The van der Waals surface area contributed by atoms with E-state index in [1.165, 1.54) is 6.08 Å². The van der Waals surface area contributed by atoms with Gasteiger partial charge >= 0.3 is 5.97 Å². The largest absolute Gasteiger partial charge is 0.482 e. The van der Waals surface area contributed by atoms with Crippen LogP contribution in [-0.2, 0) is 9.59 Å². The van der Waals surface area contributed by atoms with E-state index in [2.05, 4.69) is 5.32 Å². The zero-order valence-electron chi connectivity index (χ0n) is 12.5. The number of aliphatic carboxylic acids is 1. The summed E-state index contributed by atoms with van der Waals surface area (Å²) in [5.74, 6) is -1.07. The number of carbonyl (C=O) groups is 2. The van der Waals surface area contributed by atoms with Gasteiger partial charge in [0.1, 0.15) is 17.4 Å². The van der Waals surface area contributed by atoms with Crippen LogP contribution in [0.1, 0.15) is 25.8 Å². The lowest BCUT2D eigenvalue weighted by Gasteiger charge is -2.10. The van der Waals surface area contributed by atoms with E-state index in [0.717, 1.165) is 6.42 Å². The third kappa shape index (κ3) is 5.67.